The number of rotatable bonds is 7. The Kier molecular flexibility index (Phi) is 8.51. The fraction of sp³-hybridized carbons (Fsp3) is 0.160. The van der Waals surface area contributed by atoms with E-state index < -0.39 is 11.8 Å². The highest BCUT2D eigenvalue weighted by molar-refractivity contribution is 6.39. The Morgan fingerprint density at radius 2 is 1.74 bits per heavy atom. The summed E-state index contributed by atoms with van der Waals surface area (Å²) in [7, 11) is 1.48. The van der Waals surface area contributed by atoms with Crippen molar-refractivity contribution in [2.24, 2.45) is 5.10 Å². The van der Waals surface area contributed by atoms with E-state index in [4.69, 9.17) is 32.7 Å². The van der Waals surface area contributed by atoms with Crippen molar-refractivity contribution in [3.63, 3.8) is 0 Å². The van der Waals surface area contributed by atoms with Crippen LogP contribution in [0.4, 0.5) is 5.69 Å². The van der Waals surface area contributed by atoms with Gasteiger partial charge in [0.1, 0.15) is 6.61 Å². The summed E-state index contributed by atoms with van der Waals surface area (Å²) in [5, 5.41) is 7.23. The van der Waals surface area contributed by atoms with E-state index in [0.717, 1.165) is 16.7 Å². The molecule has 0 aliphatic heterocycles. The summed E-state index contributed by atoms with van der Waals surface area (Å²) in [6.07, 6.45) is 1.34. The molecule has 34 heavy (non-hydrogen) atoms. The summed E-state index contributed by atoms with van der Waals surface area (Å²) in [4.78, 5) is 24.2. The molecule has 176 valence electrons. The average molecular weight is 500 g/mol. The first-order valence-electron chi connectivity index (χ1n) is 10.2. The zero-order chi connectivity index (χ0) is 24.7. The van der Waals surface area contributed by atoms with Gasteiger partial charge in [-0.15, -0.1) is 0 Å². The number of hydrogen-bond acceptors (Lipinski definition) is 5. The maximum atomic E-state index is 12.1. The van der Waals surface area contributed by atoms with E-state index >= 15 is 0 Å². The summed E-state index contributed by atoms with van der Waals surface area (Å²) in [5.41, 5.74) is 6.13. The first kappa shape index (κ1) is 25.1. The van der Waals surface area contributed by atoms with E-state index in [1.807, 2.05) is 38.1 Å². The van der Waals surface area contributed by atoms with Crippen molar-refractivity contribution in [2.45, 2.75) is 20.5 Å². The number of ether oxygens (including phenoxy) is 2. The summed E-state index contributed by atoms with van der Waals surface area (Å²) < 4.78 is 11.2. The molecule has 2 amide bonds. The lowest BCUT2D eigenvalue weighted by atomic mass is 10.1. The molecular formula is C25H23Cl2N3O4. The fourth-order valence-corrected chi connectivity index (χ4v) is 3.41. The molecule has 0 bridgehead atoms. The van der Waals surface area contributed by atoms with Gasteiger partial charge in [-0.1, -0.05) is 47.5 Å². The quantitative estimate of drug-likeness (QED) is 0.262. The molecular weight excluding hydrogens is 477 g/mol. The van der Waals surface area contributed by atoms with Crippen LogP contribution in [0.3, 0.4) is 0 Å². The third-order valence-corrected chi connectivity index (χ3v) is 5.58. The standard InChI is InChI=1S/C25H23Cl2N3O4/c1-15-8-9-19(10-16(15)2)29-24(31)25(32)30-28-13-17-11-21(27)23(22(12-17)33-3)34-14-18-6-4-5-7-20(18)26/h4-13H,14H2,1-3H3,(H,29,31)(H,30,32)/b28-13-. The van der Waals surface area contributed by atoms with Gasteiger partial charge in [-0.3, -0.25) is 9.59 Å². The average Bonchev–Trinajstić information content (AvgIpc) is 2.81. The van der Waals surface area contributed by atoms with E-state index in [1.54, 1.807) is 30.3 Å². The van der Waals surface area contributed by atoms with Crippen molar-refractivity contribution in [1.29, 1.82) is 0 Å². The van der Waals surface area contributed by atoms with Gasteiger partial charge in [-0.05, 0) is 60.9 Å². The molecule has 2 N–H and O–H groups in total. The van der Waals surface area contributed by atoms with Crippen molar-refractivity contribution in [1.82, 2.24) is 5.43 Å². The molecule has 0 unspecified atom stereocenters. The van der Waals surface area contributed by atoms with Crippen LogP contribution in [0.25, 0.3) is 0 Å². The molecule has 3 aromatic carbocycles. The Labute approximate surface area is 207 Å². The number of nitrogens with zero attached hydrogens (tertiary/aromatic N) is 1. The SMILES string of the molecule is COc1cc(/C=N\NC(=O)C(=O)Nc2ccc(C)c(C)c2)cc(Cl)c1OCc1ccccc1Cl. The highest BCUT2D eigenvalue weighted by atomic mass is 35.5. The lowest BCUT2D eigenvalue weighted by molar-refractivity contribution is -0.136. The van der Waals surface area contributed by atoms with Crippen LogP contribution >= 0.6 is 23.2 Å². The predicted molar refractivity (Wildman–Crippen MR) is 134 cm³/mol. The van der Waals surface area contributed by atoms with Gasteiger partial charge in [0.2, 0.25) is 0 Å². The molecule has 3 rings (SSSR count). The summed E-state index contributed by atoms with van der Waals surface area (Å²) in [6, 6.07) is 15.9. The Balaban J connectivity index is 1.63. The van der Waals surface area contributed by atoms with E-state index in [2.05, 4.69) is 15.8 Å². The highest BCUT2D eigenvalue weighted by Crippen LogP contribution is 2.37. The van der Waals surface area contributed by atoms with E-state index in [9.17, 15) is 9.59 Å². The van der Waals surface area contributed by atoms with Gasteiger partial charge >= 0.3 is 11.8 Å². The van der Waals surface area contributed by atoms with Gasteiger partial charge in [0.15, 0.2) is 11.5 Å². The second-order valence-electron chi connectivity index (χ2n) is 7.37. The number of hydrazone groups is 1. The van der Waals surface area contributed by atoms with Crippen molar-refractivity contribution < 1.29 is 19.1 Å². The number of carbonyl (C=O) groups is 2. The minimum absolute atomic E-state index is 0.203. The summed E-state index contributed by atoms with van der Waals surface area (Å²) in [6.45, 7) is 4.08. The summed E-state index contributed by atoms with van der Waals surface area (Å²) >= 11 is 12.5. The fourth-order valence-electron chi connectivity index (χ4n) is 2.94. The molecule has 0 heterocycles. The Morgan fingerprint density at radius 1 is 0.971 bits per heavy atom. The molecule has 0 radical (unpaired) electrons. The van der Waals surface area contributed by atoms with Crippen molar-refractivity contribution in [3.05, 3.63) is 86.9 Å². The van der Waals surface area contributed by atoms with Crippen LogP contribution < -0.4 is 20.2 Å². The normalized spacial score (nSPS) is 10.7. The molecule has 0 spiro atoms. The lowest BCUT2D eigenvalue weighted by Crippen LogP contribution is -2.32. The van der Waals surface area contributed by atoms with Crippen LogP contribution in [0.15, 0.2) is 59.7 Å². The van der Waals surface area contributed by atoms with Crippen LogP contribution in [-0.4, -0.2) is 25.1 Å². The molecule has 7 nitrogen and oxygen atoms in total. The van der Waals surface area contributed by atoms with E-state index in [1.165, 1.54) is 13.3 Å². The van der Waals surface area contributed by atoms with Crippen molar-refractivity contribution in [3.8, 4) is 11.5 Å². The topological polar surface area (TPSA) is 89.0 Å². The largest absolute Gasteiger partial charge is 0.493 e. The van der Waals surface area contributed by atoms with Crippen LogP contribution in [0.1, 0.15) is 22.3 Å². The van der Waals surface area contributed by atoms with Crippen molar-refractivity contribution >= 4 is 46.9 Å². The first-order chi connectivity index (χ1) is 16.3. The molecule has 0 saturated heterocycles. The minimum Gasteiger partial charge on any atom is -0.493 e. The van der Waals surface area contributed by atoms with Gasteiger partial charge in [0, 0.05) is 16.3 Å². The van der Waals surface area contributed by atoms with Gasteiger partial charge in [-0.25, -0.2) is 5.43 Å². The van der Waals surface area contributed by atoms with Gasteiger partial charge in [0.25, 0.3) is 0 Å². The number of halogens is 2. The molecule has 0 fully saturated rings. The zero-order valence-electron chi connectivity index (χ0n) is 18.8. The number of methoxy groups -OCH3 is 1. The van der Waals surface area contributed by atoms with Gasteiger partial charge in [0.05, 0.1) is 18.3 Å². The number of nitrogens with one attached hydrogen (secondary N) is 2. The lowest BCUT2D eigenvalue weighted by Gasteiger charge is -2.14. The Bertz CT molecular complexity index is 1240. The number of aryl methyl sites for hydroxylation is 2. The maximum Gasteiger partial charge on any atom is 0.329 e. The second kappa shape index (κ2) is 11.5. The molecule has 3 aromatic rings. The number of hydrogen-bond donors (Lipinski definition) is 2. The molecule has 0 aromatic heterocycles. The third kappa shape index (κ3) is 6.50. The Morgan fingerprint density at radius 3 is 2.44 bits per heavy atom. The van der Waals surface area contributed by atoms with Crippen molar-refractivity contribution in [2.75, 3.05) is 12.4 Å². The van der Waals surface area contributed by atoms with E-state index in [0.29, 0.717) is 27.8 Å². The van der Waals surface area contributed by atoms with E-state index in [-0.39, 0.29) is 11.6 Å². The van der Waals surface area contributed by atoms with Gasteiger partial charge in [-0.2, -0.15) is 5.10 Å². The first-order valence-corrected chi connectivity index (χ1v) is 11.0. The molecule has 0 atom stereocenters. The van der Waals surface area contributed by atoms with Crippen LogP contribution in [-0.2, 0) is 16.2 Å². The summed E-state index contributed by atoms with van der Waals surface area (Å²) in [5.74, 6) is -1.02. The third-order valence-electron chi connectivity index (χ3n) is 4.93. The molecule has 0 aliphatic carbocycles. The molecule has 9 heteroatoms. The second-order valence-corrected chi connectivity index (χ2v) is 8.18. The number of carbonyl (C=O) groups excluding carboxylic acids is 2. The molecule has 0 aliphatic rings. The maximum absolute atomic E-state index is 12.1. The smallest absolute Gasteiger partial charge is 0.329 e. The van der Waals surface area contributed by atoms with Gasteiger partial charge < -0.3 is 14.8 Å². The highest BCUT2D eigenvalue weighted by Gasteiger charge is 2.15. The number of benzene rings is 3. The van der Waals surface area contributed by atoms with Crippen LogP contribution in [0.2, 0.25) is 10.0 Å². The number of anilines is 1. The molecule has 0 saturated carbocycles. The minimum atomic E-state index is -0.910. The zero-order valence-corrected chi connectivity index (χ0v) is 20.3. The predicted octanol–water partition coefficient (Wildman–Crippen LogP) is 5.29. The van der Waals surface area contributed by atoms with Crippen LogP contribution in [0, 0.1) is 13.8 Å². The monoisotopic (exact) mass is 499 g/mol. The number of amides is 2. The Hall–Kier alpha value is -3.55. The van der Waals surface area contributed by atoms with Crippen LogP contribution in [0.5, 0.6) is 11.5 Å².